The molecule has 0 aliphatic heterocycles. The lowest BCUT2D eigenvalue weighted by Gasteiger charge is -1.89. The molecule has 0 aliphatic rings. The number of hydrogen-bond acceptors (Lipinski definition) is 2. The van der Waals surface area contributed by atoms with Crippen molar-refractivity contribution in [3.05, 3.63) is 72.9 Å². The molecule has 0 aromatic carbocycles. The minimum atomic E-state index is -0.948. The number of carbonyl (C=O) groups is 2. The van der Waals surface area contributed by atoms with E-state index in [2.05, 4.69) is 55.5 Å². The molecular formula is C22H30O3. The van der Waals surface area contributed by atoms with Crippen LogP contribution in [0.4, 0.5) is 0 Å². The van der Waals surface area contributed by atoms with Gasteiger partial charge in [-0.1, -0.05) is 73.8 Å². The van der Waals surface area contributed by atoms with Crippen LogP contribution in [0.2, 0.25) is 0 Å². The molecule has 25 heavy (non-hydrogen) atoms. The first-order valence-electron chi connectivity index (χ1n) is 8.84. The first-order chi connectivity index (χ1) is 12.2. The Morgan fingerprint density at radius 3 is 1.64 bits per heavy atom. The van der Waals surface area contributed by atoms with Crippen molar-refractivity contribution in [1.82, 2.24) is 0 Å². The Morgan fingerprint density at radius 1 is 0.680 bits per heavy atom. The second-order valence-electron chi connectivity index (χ2n) is 5.38. The van der Waals surface area contributed by atoms with E-state index in [1.807, 2.05) is 6.08 Å². The maximum atomic E-state index is 11.3. The number of carboxylic acids is 1. The average molecular weight is 342 g/mol. The largest absolute Gasteiger partial charge is 0.481 e. The SMILES string of the molecule is CC/C=C\C/C=C\C/C=C\C/C=C\C/C=C\C=C\C(=O)CCC(=O)O. The first kappa shape index (κ1) is 22.6. The predicted octanol–water partition coefficient (Wildman–Crippen LogP) is 5.73. The molecule has 0 radical (unpaired) electrons. The van der Waals surface area contributed by atoms with Crippen LogP contribution in [-0.4, -0.2) is 16.9 Å². The van der Waals surface area contributed by atoms with Crippen LogP contribution in [0.15, 0.2) is 72.9 Å². The lowest BCUT2D eigenvalue weighted by Crippen LogP contribution is -1.99. The molecule has 0 atom stereocenters. The van der Waals surface area contributed by atoms with Gasteiger partial charge in [-0.15, -0.1) is 0 Å². The molecule has 1 N–H and O–H groups in total. The van der Waals surface area contributed by atoms with E-state index in [-0.39, 0.29) is 18.6 Å². The molecule has 0 spiro atoms. The smallest absolute Gasteiger partial charge is 0.303 e. The summed E-state index contributed by atoms with van der Waals surface area (Å²) in [7, 11) is 0. The second-order valence-corrected chi connectivity index (χ2v) is 5.38. The Labute approximate surface area is 151 Å². The molecule has 0 rings (SSSR count). The van der Waals surface area contributed by atoms with E-state index >= 15 is 0 Å². The number of aliphatic carboxylic acids is 1. The molecule has 0 unspecified atom stereocenters. The summed E-state index contributed by atoms with van der Waals surface area (Å²) in [5, 5.41) is 8.47. The van der Waals surface area contributed by atoms with Gasteiger partial charge < -0.3 is 5.11 Å². The zero-order valence-corrected chi connectivity index (χ0v) is 15.1. The Bertz CT molecular complexity index is 531. The molecule has 3 heteroatoms. The summed E-state index contributed by atoms with van der Waals surface area (Å²) in [6.07, 6.45) is 28.7. The summed E-state index contributed by atoms with van der Waals surface area (Å²) in [4.78, 5) is 21.6. The van der Waals surface area contributed by atoms with Crippen LogP contribution >= 0.6 is 0 Å². The van der Waals surface area contributed by atoms with Gasteiger partial charge >= 0.3 is 5.97 Å². The quantitative estimate of drug-likeness (QED) is 0.249. The molecule has 0 aromatic rings. The van der Waals surface area contributed by atoms with E-state index in [9.17, 15) is 9.59 Å². The molecule has 0 fully saturated rings. The van der Waals surface area contributed by atoms with Crippen molar-refractivity contribution >= 4 is 11.8 Å². The Balaban J connectivity index is 3.68. The van der Waals surface area contributed by atoms with Gasteiger partial charge in [0.15, 0.2) is 5.78 Å². The first-order valence-corrected chi connectivity index (χ1v) is 8.84. The third kappa shape index (κ3) is 19.5. The standard InChI is InChI=1S/C22H30O3/c1-2-3-4-5-6-7-8-9-10-11-12-13-14-15-16-17-18-21(23)19-20-22(24)25/h3-4,6-7,9-10,12-13,15-18H,2,5,8,11,14,19-20H2,1H3,(H,24,25)/b4-3-,7-6-,10-9-,13-12-,16-15-,18-17+. The average Bonchev–Trinajstić information content (AvgIpc) is 2.59. The third-order valence-electron chi connectivity index (χ3n) is 3.11. The normalized spacial score (nSPS) is 12.8. The highest BCUT2D eigenvalue weighted by atomic mass is 16.4. The van der Waals surface area contributed by atoms with Crippen molar-refractivity contribution < 1.29 is 14.7 Å². The molecule has 0 bridgehead atoms. The van der Waals surface area contributed by atoms with Gasteiger partial charge in [0.1, 0.15) is 0 Å². The highest BCUT2D eigenvalue weighted by Crippen LogP contribution is 1.96. The fraction of sp³-hybridized carbons (Fsp3) is 0.364. The number of ketones is 1. The predicted molar refractivity (Wildman–Crippen MR) is 105 cm³/mol. The Morgan fingerprint density at radius 2 is 1.16 bits per heavy atom. The number of carboxylic acid groups (broad SMARTS) is 1. The molecule has 0 saturated heterocycles. The number of allylic oxidation sites excluding steroid dienone is 12. The summed E-state index contributed by atoms with van der Waals surface area (Å²) < 4.78 is 0. The summed E-state index contributed by atoms with van der Waals surface area (Å²) in [5.74, 6) is -1.11. The minimum Gasteiger partial charge on any atom is -0.481 e. The monoisotopic (exact) mass is 342 g/mol. The maximum absolute atomic E-state index is 11.3. The number of rotatable bonds is 14. The highest BCUT2D eigenvalue weighted by Gasteiger charge is 2.00. The van der Waals surface area contributed by atoms with E-state index in [0.29, 0.717) is 0 Å². The minimum absolute atomic E-state index is 0.0521. The van der Waals surface area contributed by atoms with Crippen LogP contribution in [0, 0.1) is 0 Å². The molecular weight excluding hydrogens is 312 g/mol. The molecule has 136 valence electrons. The second kappa shape index (κ2) is 17.9. The van der Waals surface area contributed by atoms with Gasteiger partial charge in [0, 0.05) is 6.42 Å². The van der Waals surface area contributed by atoms with E-state index in [0.717, 1.165) is 32.1 Å². The number of carbonyl (C=O) groups excluding carboxylic acids is 1. The zero-order valence-electron chi connectivity index (χ0n) is 15.1. The summed E-state index contributed by atoms with van der Waals surface area (Å²) in [5.41, 5.74) is 0. The molecule has 0 aromatic heterocycles. The Kier molecular flexibility index (Phi) is 16.2. The zero-order chi connectivity index (χ0) is 18.6. The van der Waals surface area contributed by atoms with Crippen molar-refractivity contribution in [2.24, 2.45) is 0 Å². The van der Waals surface area contributed by atoms with Gasteiger partial charge in [0.05, 0.1) is 6.42 Å². The van der Waals surface area contributed by atoms with Crippen molar-refractivity contribution in [2.45, 2.75) is 51.9 Å². The summed E-state index contributed by atoms with van der Waals surface area (Å²) >= 11 is 0. The fourth-order valence-corrected chi connectivity index (χ4v) is 1.79. The van der Waals surface area contributed by atoms with Crippen LogP contribution in [0.5, 0.6) is 0 Å². The van der Waals surface area contributed by atoms with Gasteiger partial charge in [-0.3, -0.25) is 9.59 Å². The maximum Gasteiger partial charge on any atom is 0.303 e. The fourth-order valence-electron chi connectivity index (χ4n) is 1.79. The molecule has 0 saturated carbocycles. The van der Waals surface area contributed by atoms with E-state index in [1.165, 1.54) is 6.08 Å². The molecule has 3 nitrogen and oxygen atoms in total. The molecule has 0 heterocycles. The van der Waals surface area contributed by atoms with Crippen LogP contribution in [0.1, 0.15) is 51.9 Å². The molecule has 0 amide bonds. The van der Waals surface area contributed by atoms with Gasteiger partial charge in [-0.05, 0) is 38.2 Å². The topological polar surface area (TPSA) is 54.4 Å². The lowest BCUT2D eigenvalue weighted by atomic mass is 10.2. The van der Waals surface area contributed by atoms with E-state index in [1.54, 1.807) is 12.2 Å². The highest BCUT2D eigenvalue weighted by molar-refractivity contribution is 5.91. The Hall–Kier alpha value is -2.42. The summed E-state index contributed by atoms with van der Waals surface area (Å²) in [6, 6.07) is 0. The van der Waals surface area contributed by atoms with Gasteiger partial charge in [0.25, 0.3) is 0 Å². The van der Waals surface area contributed by atoms with Crippen molar-refractivity contribution in [3.63, 3.8) is 0 Å². The van der Waals surface area contributed by atoms with Crippen LogP contribution in [-0.2, 0) is 9.59 Å². The van der Waals surface area contributed by atoms with Crippen molar-refractivity contribution in [3.8, 4) is 0 Å². The van der Waals surface area contributed by atoms with Gasteiger partial charge in [-0.2, -0.15) is 0 Å². The van der Waals surface area contributed by atoms with Gasteiger partial charge in [-0.25, -0.2) is 0 Å². The summed E-state index contributed by atoms with van der Waals surface area (Å²) in [6.45, 7) is 2.13. The van der Waals surface area contributed by atoms with Gasteiger partial charge in [0.2, 0.25) is 0 Å². The van der Waals surface area contributed by atoms with Crippen LogP contribution < -0.4 is 0 Å². The van der Waals surface area contributed by atoms with Crippen LogP contribution in [0.3, 0.4) is 0 Å². The van der Waals surface area contributed by atoms with Crippen molar-refractivity contribution in [2.75, 3.05) is 0 Å². The third-order valence-corrected chi connectivity index (χ3v) is 3.11. The van der Waals surface area contributed by atoms with Crippen molar-refractivity contribution in [1.29, 1.82) is 0 Å². The van der Waals surface area contributed by atoms with E-state index < -0.39 is 5.97 Å². The lowest BCUT2D eigenvalue weighted by molar-refractivity contribution is -0.138. The van der Waals surface area contributed by atoms with Crippen LogP contribution in [0.25, 0.3) is 0 Å². The number of hydrogen-bond donors (Lipinski definition) is 1. The van der Waals surface area contributed by atoms with E-state index in [4.69, 9.17) is 5.11 Å². The molecule has 0 aliphatic carbocycles.